The summed E-state index contributed by atoms with van der Waals surface area (Å²) in [7, 11) is 0. The number of fused-ring (bicyclic) bond motifs is 8. The normalized spacial score (nSPS) is 50.9. The fourth-order valence-corrected chi connectivity index (χ4v) is 14.2. The molecule has 0 saturated heterocycles. The van der Waals surface area contributed by atoms with Gasteiger partial charge in [-0.25, -0.2) is 0 Å². The second kappa shape index (κ2) is 17.8. The van der Waals surface area contributed by atoms with Gasteiger partial charge in [0.25, 0.3) is 0 Å². The molecule has 0 aliphatic heterocycles. The summed E-state index contributed by atoms with van der Waals surface area (Å²) in [6.07, 6.45) is 18.2. The molecule has 8 aliphatic rings. The van der Waals surface area contributed by atoms with Crippen molar-refractivity contribution in [2.75, 3.05) is 19.8 Å². The van der Waals surface area contributed by atoms with E-state index in [-0.39, 0.29) is 6.10 Å². The third kappa shape index (κ3) is 8.64. The van der Waals surface area contributed by atoms with Crippen LogP contribution in [0.3, 0.4) is 0 Å². The van der Waals surface area contributed by atoms with Crippen LogP contribution in [0.25, 0.3) is 0 Å². The largest absolute Gasteiger partial charge is 0.396 e. The molecule has 286 valence electrons. The van der Waals surface area contributed by atoms with Crippen LogP contribution >= 0.6 is 0 Å². The molecule has 0 heterocycles. The Morgan fingerprint density at radius 1 is 0.347 bits per heavy atom. The first-order valence-electron chi connectivity index (χ1n) is 21.9. The van der Waals surface area contributed by atoms with Crippen LogP contribution in [0.4, 0.5) is 0 Å². The van der Waals surface area contributed by atoms with Gasteiger partial charge in [-0.2, -0.15) is 0 Å². The summed E-state index contributed by atoms with van der Waals surface area (Å²) >= 11 is 0. The molecule has 0 aromatic carbocycles. The van der Waals surface area contributed by atoms with Gasteiger partial charge in [-0.05, 0) is 189 Å². The highest BCUT2D eigenvalue weighted by atomic mass is 16.3. The molecule has 4 nitrogen and oxygen atoms in total. The maximum absolute atomic E-state index is 9.51. The smallest absolute Gasteiger partial charge is 0.0573 e. The summed E-state index contributed by atoms with van der Waals surface area (Å²) in [5.74, 6) is 17.6. The molecule has 0 amide bonds. The molecule has 8 rings (SSSR count). The van der Waals surface area contributed by atoms with Crippen LogP contribution in [0.5, 0.6) is 0 Å². The standard InChI is InChI=1S/C13H24O.C12H22O.C11H20O.C9H16O/c1-9-10(2)13-8-12(9)7-11(13)5-3-4-6-14;1-8-9(2)12-7-11(8)6-10(12)4-3-5-13;1-7-8(2)11-6-10(7)5-9(11)3-4-12;1-5-6(2)8-3-7(5)4-9(8)10/h9-14H,3-8H2,1-2H3;8-13H,3-7H2,1-2H3;7-12H,3-6H2,1-2H3;5-10H,3-4H2,1-2H3. The number of hydrogen-bond acceptors (Lipinski definition) is 4. The van der Waals surface area contributed by atoms with Gasteiger partial charge in [0.1, 0.15) is 0 Å². The van der Waals surface area contributed by atoms with Crippen LogP contribution < -0.4 is 0 Å². The van der Waals surface area contributed by atoms with Gasteiger partial charge in [0.15, 0.2) is 0 Å². The van der Waals surface area contributed by atoms with E-state index in [1.165, 1.54) is 64.2 Å². The molecule has 8 aliphatic carbocycles. The summed E-state index contributed by atoms with van der Waals surface area (Å²) in [6, 6.07) is 0. The van der Waals surface area contributed by atoms with Crippen molar-refractivity contribution < 1.29 is 20.4 Å². The third-order valence-electron chi connectivity index (χ3n) is 18.2. The van der Waals surface area contributed by atoms with Crippen LogP contribution in [0.15, 0.2) is 0 Å². The fraction of sp³-hybridized carbons (Fsp3) is 1.00. The predicted octanol–water partition coefficient (Wildman–Crippen LogP) is 9.72. The highest BCUT2D eigenvalue weighted by Gasteiger charge is 2.50. The molecule has 0 spiro atoms. The molecule has 20 atom stereocenters. The first-order chi connectivity index (χ1) is 23.4. The molecule has 0 radical (unpaired) electrons. The van der Waals surface area contributed by atoms with Crippen LogP contribution in [0, 0.1) is 112 Å². The van der Waals surface area contributed by atoms with Crippen molar-refractivity contribution in [1.29, 1.82) is 0 Å². The van der Waals surface area contributed by atoms with Crippen molar-refractivity contribution >= 4 is 0 Å². The van der Waals surface area contributed by atoms with Gasteiger partial charge in [0.2, 0.25) is 0 Å². The Hall–Kier alpha value is -0.160. The first-order valence-corrected chi connectivity index (χ1v) is 21.9. The van der Waals surface area contributed by atoms with Crippen LogP contribution in [0.2, 0.25) is 0 Å². The summed E-state index contributed by atoms with van der Waals surface area (Å²) in [5, 5.41) is 36.0. The van der Waals surface area contributed by atoms with E-state index in [9.17, 15) is 5.11 Å². The molecule has 0 aromatic rings. The van der Waals surface area contributed by atoms with Gasteiger partial charge in [-0.15, -0.1) is 0 Å². The average molecular weight is 687 g/mol. The molecular formula is C45H82O4. The quantitative estimate of drug-likeness (QED) is 0.182. The molecule has 8 bridgehead atoms. The van der Waals surface area contributed by atoms with Crippen molar-refractivity contribution in [3.8, 4) is 0 Å². The Bertz CT molecular complexity index is 977. The zero-order valence-electron chi connectivity index (χ0n) is 33.4. The zero-order valence-corrected chi connectivity index (χ0v) is 33.4. The SMILES string of the molecule is CC1C2CC(CCCCO)C(C2)C1C.CC1C2CC(CCCO)C(C2)C1C.CC1C2CC(CCO)C(C2)C1C.CC1C2CC(O)C(C2)C1C. The Morgan fingerprint density at radius 2 is 0.694 bits per heavy atom. The summed E-state index contributed by atoms with van der Waals surface area (Å²) in [6.45, 7) is 20.4. The molecule has 4 N–H and O–H groups in total. The number of aliphatic hydroxyl groups is 4. The molecule has 49 heavy (non-hydrogen) atoms. The molecule has 8 fully saturated rings. The van der Waals surface area contributed by atoms with E-state index >= 15 is 0 Å². The van der Waals surface area contributed by atoms with Crippen molar-refractivity contribution in [3.63, 3.8) is 0 Å². The van der Waals surface area contributed by atoms with E-state index in [1.54, 1.807) is 0 Å². The topological polar surface area (TPSA) is 80.9 Å². The lowest BCUT2D eigenvalue weighted by Gasteiger charge is -2.31. The summed E-state index contributed by atoms with van der Waals surface area (Å²) in [4.78, 5) is 0. The van der Waals surface area contributed by atoms with Crippen LogP contribution in [-0.2, 0) is 0 Å². The highest BCUT2D eigenvalue weighted by molar-refractivity contribution is 5.00. The van der Waals surface area contributed by atoms with Crippen LogP contribution in [-0.4, -0.2) is 46.4 Å². The van der Waals surface area contributed by atoms with Crippen molar-refractivity contribution in [2.45, 2.75) is 151 Å². The van der Waals surface area contributed by atoms with Gasteiger partial charge in [0.05, 0.1) is 6.10 Å². The van der Waals surface area contributed by atoms with Crippen molar-refractivity contribution in [2.24, 2.45) is 112 Å². The second-order valence-corrected chi connectivity index (χ2v) is 19.9. The number of hydrogen-bond donors (Lipinski definition) is 4. The maximum Gasteiger partial charge on any atom is 0.0573 e. The van der Waals surface area contributed by atoms with Gasteiger partial charge in [-0.3, -0.25) is 0 Å². The van der Waals surface area contributed by atoms with Gasteiger partial charge in [0, 0.05) is 19.8 Å². The van der Waals surface area contributed by atoms with E-state index in [2.05, 4.69) is 55.4 Å². The number of rotatable bonds is 9. The zero-order chi connectivity index (χ0) is 35.6. The second-order valence-electron chi connectivity index (χ2n) is 19.9. The van der Waals surface area contributed by atoms with Gasteiger partial charge < -0.3 is 20.4 Å². The summed E-state index contributed by atoms with van der Waals surface area (Å²) in [5.41, 5.74) is 0. The van der Waals surface area contributed by atoms with E-state index in [4.69, 9.17) is 15.3 Å². The average Bonchev–Trinajstić information content (AvgIpc) is 3.97. The molecule has 0 aromatic heterocycles. The lowest BCUT2D eigenvalue weighted by molar-refractivity contribution is 0.0645. The highest BCUT2D eigenvalue weighted by Crippen LogP contribution is 2.58. The van der Waals surface area contributed by atoms with E-state index in [0.717, 1.165) is 132 Å². The van der Waals surface area contributed by atoms with Gasteiger partial charge in [-0.1, -0.05) is 68.2 Å². The molecule has 8 saturated carbocycles. The number of unbranched alkanes of at least 4 members (excludes halogenated alkanes) is 1. The Kier molecular flexibility index (Phi) is 14.5. The minimum Gasteiger partial charge on any atom is -0.396 e. The fourth-order valence-electron chi connectivity index (χ4n) is 14.2. The van der Waals surface area contributed by atoms with Crippen LogP contribution in [0.1, 0.15) is 145 Å². The van der Waals surface area contributed by atoms with E-state index in [0.29, 0.717) is 25.7 Å². The Labute approximate surface area is 303 Å². The lowest BCUT2D eigenvalue weighted by Crippen LogP contribution is -2.27. The van der Waals surface area contributed by atoms with E-state index in [1.807, 2.05) is 0 Å². The summed E-state index contributed by atoms with van der Waals surface area (Å²) < 4.78 is 0. The Balaban J connectivity index is 0.000000128. The minimum atomic E-state index is 0.0381. The van der Waals surface area contributed by atoms with Crippen molar-refractivity contribution in [1.82, 2.24) is 0 Å². The first kappa shape index (κ1) is 40.0. The Morgan fingerprint density at radius 3 is 1.00 bits per heavy atom. The number of aliphatic hydroxyl groups excluding tert-OH is 4. The van der Waals surface area contributed by atoms with Crippen molar-refractivity contribution in [3.05, 3.63) is 0 Å². The minimum absolute atomic E-state index is 0.0381. The maximum atomic E-state index is 9.51. The monoisotopic (exact) mass is 687 g/mol. The molecular weight excluding hydrogens is 604 g/mol. The molecule has 4 heteroatoms. The lowest BCUT2D eigenvalue weighted by atomic mass is 9.74. The van der Waals surface area contributed by atoms with Gasteiger partial charge >= 0.3 is 0 Å². The van der Waals surface area contributed by atoms with E-state index < -0.39 is 0 Å². The predicted molar refractivity (Wildman–Crippen MR) is 204 cm³/mol. The third-order valence-corrected chi connectivity index (χ3v) is 18.2. The molecule has 20 unspecified atom stereocenters.